The summed E-state index contributed by atoms with van der Waals surface area (Å²) >= 11 is 0. The molecule has 0 bridgehead atoms. The van der Waals surface area contributed by atoms with Gasteiger partial charge in [-0.1, -0.05) is 12.1 Å². The van der Waals surface area contributed by atoms with Gasteiger partial charge in [0.15, 0.2) is 0 Å². The fourth-order valence-electron chi connectivity index (χ4n) is 3.61. The summed E-state index contributed by atoms with van der Waals surface area (Å²) in [7, 11) is 0. The summed E-state index contributed by atoms with van der Waals surface area (Å²) in [5.74, 6) is 0.386. The van der Waals surface area contributed by atoms with Crippen LogP contribution in [-0.2, 0) is 11.3 Å². The SMILES string of the molecule is O=C(N1CCC(c2ccc(F)cc2)C1)C1(Cn2ccnc2)CC1. The van der Waals surface area contributed by atoms with E-state index < -0.39 is 0 Å². The Labute approximate surface area is 134 Å². The Morgan fingerprint density at radius 1 is 1.30 bits per heavy atom. The van der Waals surface area contributed by atoms with E-state index in [2.05, 4.69) is 4.98 Å². The lowest BCUT2D eigenvalue weighted by Crippen LogP contribution is -2.37. The van der Waals surface area contributed by atoms with Crippen LogP contribution in [0.15, 0.2) is 43.0 Å². The van der Waals surface area contributed by atoms with Gasteiger partial charge in [-0.15, -0.1) is 0 Å². The van der Waals surface area contributed by atoms with E-state index in [1.807, 2.05) is 27.8 Å². The molecule has 1 aliphatic carbocycles. The van der Waals surface area contributed by atoms with Crippen molar-refractivity contribution in [3.05, 3.63) is 54.4 Å². The van der Waals surface area contributed by atoms with E-state index in [0.29, 0.717) is 5.92 Å². The van der Waals surface area contributed by atoms with Gasteiger partial charge < -0.3 is 9.47 Å². The molecule has 2 fully saturated rings. The zero-order valence-electron chi connectivity index (χ0n) is 13.0. The minimum atomic E-state index is -0.224. The smallest absolute Gasteiger partial charge is 0.230 e. The maximum Gasteiger partial charge on any atom is 0.230 e. The predicted octanol–water partition coefficient (Wildman–Crippen LogP) is 2.82. The number of imidazole rings is 1. The summed E-state index contributed by atoms with van der Waals surface area (Å²) < 4.78 is 15.0. The Bertz CT molecular complexity index is 692. The largest absolute Gasteiger partial charge is 0.342 e. The second-order valence-electron chi connectivity index (χ2n) is 6.80. The summed E-state index contributed by atoms with van der Waals surface area (Å²) in [4.78, 5) is 19.0. The number of nitrogens with zero attached hydrogens (tertiary/aromatic N) is 3. The van der Waals surface area contributed by atoms with Gasteiger partial charge >= 0.3 is 0 Å². The summed E-state index contributed by atoms with van der Waals surface area (Å²) in [6.07, 6.45) is 8.32. The highest BCUT2D eigenvalue weighted by Gasteiger charge is 2.52. The first-order chi connectivity index (χ1) is 11.2. The molecule has 0 radical (unpaired) electrons. The highest BCUT2D eigenvalue weighted by molar-refractivity contribution is 5.85. The summed E-state index contributed by atoms with van der Waals surface area (Å²) in [5.41, 5.74) is 0.902. The van der Waals surface area contributed by atoms with Gasteiger partial charge in [0.1, 0.15) is 5.82 Å². The van der Waals surface area contributed by atoms with Crippen molar-refractivity contribution >= 4 is 5.91 Å². The normalized spacial score (nSPS) is 22.3. The van der Waals surface area contributed by atoms with Crippen LogP contribution in [0.2, 0.25) is 0 Å². The van der Waals surface area contributed by atoms with Gasteiger partial charge in [0, 0.05) is 37.9 Å². The lowest BCUT2D eigenvalue weighted by molar-refractivity contribution is -0.136. The Morgan fingerprint density at radius 3 is 2.74 bits per heavy atom. The zero-order chi connectivity index (χ0) is 15.9. The third-order valence-corrected chi connectivity index (χ3v) is 5.17. The fraction of sp³-hybridized carbons (Fsp3) is 0.444. The van der Waals surface area contributed by atoms with Crippen molar-refractivity contribution in [1.29, 1.82) is 0 Å². The number of likely N-dealkylation sites (tertiary alicyclic amines) is 1. The lowest BCUT2D eigenvalue weighted by atomic mass is 9.98. The van der Waals surface area contributed by atoms with E-state index in [1.54, 1.807) is 12.5 Å². The Morgan fingerprint density at radius 2 is 2.09 bits per heavy atom. The van der Waals surface area contributed by atoms with E-state index in [0.717, 1.165) is 44.5 Å². The molecule has 0 N–H and O–H groups in total. The topological polar surface area (TPSA) is 38.1 Å². The van der Waals surface area contributed by atoms with Crippen LogP contribution in [0.5, 0.6) is 0 Å². The molecule has 1 amide bonds. The minimum Gasteiger partial charge on any atom is -0.342 e. The molecule has 2 heterocycles. The fourth-order valence-corrected chi connectivity index (χ4v) is 3.61. The van der Waals surface area contributed by atoms with E-state index in [4.69, 9.17) is 0 Å². The molecular weight excluding hydrogens is 293 g/mol. The molecule has 1 atom stereocenters. The molecule has 1 aliphatic heterocycles. The molecule has 1 aromatic carbocycles. The third-order valence-electron chi connectivity index (χ3n) is 5.17. The van der Waals surface area contributed by atoms with Crippen molar-refractivity contribution < 1.29 is 9.18 Å². The van der Waals surface area contributed by atoms with Crippen molar-refractivity contribution in [2.45, 2.75) is 31.7 Å². The lowest BCUT2D eigenvalue weighted by Gasteiger charge is -2.23. The van der Waals surface area contributed by atoms with Crippen LogP contribution in [0.1, 0.15) is 30.7 Å². The summed E-state index contributed by atoms with van der Waals surface area (Å²) in [6, 6.07) is 6.68. The maximum absolute atomic E-state index is 13.1. The molecule has 4 nitrogen and oxygen atoms in total. The van der Waals surface area contributed by atoms with Crippen molar-refractivity contribution in [3.63, 3.8) is 0 Å². The van der Waals surface area contributed by atoms with E-state index in [1.165, 1.54) is 12.1 Å². The van der Waals surface area contributed by atoms with E-state index in [9.17, 15) is 9.18 Å². The van der Waals surface area contributed by atoms with Gasteiger partial charge in [0.05, 0.1) is 11.7 Å². The average Bonchev–Trinajstić information content (AvgIpc) is 2.97. The minimum absolute atomic E-state index is 0.211. The van der Waals surface area contributed by atoms with E-state index >= 15 is 0 Å². The molecule has 2 aromatic rings. The average molecular weight is 313 g/mol. The number of carbonyl (C=O) groups excluding carboxylic acids is 1. The highest BCUT2D eigenvalue weighted by Crippen LogP contribution is 2.49. The summed E-state index contributed by atoms with van der Waals surface area (Å²) in [5, 5.41) is 0. The molecular formula is C18H20FN3O. The molecule has 1 saturated heterocycles. The molecule has 4 rings (SSSR count). The molecule has 0 spiro atoms. The Balaban J connectivity index is 1.43. The quantitative estimate of drug-likeness (QED) is 0.870. The number of aromatic nitrogens is 2. The third kappa shape index (κ3) is 2.76. The Hall–Kier alpha value is -2.17. The molecule has 120 valence electrons. The number of hydrogen-bond acceptors (Lipinski definition) is 2. The van der Waals surface area contributed by atoms with Gasteiger partial charge in [-0.3, -0.25) is 4.79 Å². The monoisotopic (exact) mass is 313 g/mol. The van der Waals surface area contributed by atoms with Crippen LogP contribution in [0.25, 0.3) is 0 Å². The van der Waals surface area contributed by atoms with Crippen LogP contribution in [-0.4, -0.2) is 33.4 Å². The van der Waals surface area contributed by atoms with Gasteiger partial charge in [0.25, 0.3) is 0 Å². The molecule has 1 saturated carbocycles. The predicted molar refractivity (Wildman–Crippen MR) is 84.2 cm³/mol. The first kappa shape index (κ1) is 14.4. The molecule has 1 unspecified atom stereocenters. The standard InChI is InChI=1S/C18H20FN3O/c19-16-3-1-14(2-4-16)15-5-9-22(11-15)17(23)18(6-7-18)12-21-10-8-20-13-21/h1-4,8,10,13,15H,5-7,9,11-12H2. The number of hydrogen-bond donors (Lipinski definition) is 0. The summed E-state index contributed by atoms with van der Waals surface area (Å²) in [6.45, 7) is 2.27. The molecule has 23 heavy (non-hydrogen) atoms. The zero-order valence-corrected chi connectivity index (χ0v) is 13.0. The van der Waals surface area contributed by atoms with Crippen molar-refractivity contribution in [1.82, 2.24) is 14.5 Å². The van der Waals surface area contributed by atoms with Gasteiger partial charge in [-0.2, -0.15) is 0 Å². The molecule has 5 heteroatoms. The van der Waals surface area contributed by atoms with Crippen LogP contribution in [0.4, 0.5) is 4.39 Å². The number of halogens is 1. The van der Waals surface area contributed by atoms with Crippen molar-refractivity contribution in [2.24, 2.45) is 5.41 Å². The molecule has 1 aromatic heterocycles. The molecule has 2 aliphatic rings. The van der Waals surface area contributed by atoms with Crippen LogP contribution in [0, 0.1) is 11.2 Å². The number of carbonyl (C=O) groups is 1. The van der Waals surface area contributed by atoms with E-state index in [-0.39, 0.29) is 17.1 Å². The first-order valence-corrected chi connectivity index (χ1v) is 8.17. The van der Waals surface area contributed by atoms with Gasteiger partial charge in [-0.25, -0.2) is 9.37 Å². The number of rotatable bonds is 4. The second kappa shape index (κ2) is 5.48. The first-order valence-electron chi connectivity index (χ1n) is 8.17. The second-order valence-corrected chi connectivity index (χ2v) is 6.80. The maximum atomic E-state index is 13.1. The van der Waals surface area contributed by atoms with Gasteiger partial charge in [-0.05, 0) is 37.0 Å². The highest BCUT2D eigenvalue weighted by atomic mass is 19.1. The van der Waals surface area contributed by atoms with Crippen LogP contribution < -0.4 is 0 Å². The number of amides is 1. The van der Waals surface area contributed by atoms with Gasteiger partial charge in [0.2, 0.25) is 5.91 Å². The Kier molecular flexibility index (Phi) is 3.43. The van der Waals surface area contributed by atoms with Crippen molar-refractivity contribution in [2.75, 3.05) is 13.1 Å². The van der Waals surface area contributed by atoms with Crippen molar-refractivity contribution in [3.8, 4) is 0 Å². The van der Waals surface area contributed by atoms with Crippen LogP contribution in [0.3, 0.4) is 0 Å². The van der Waals surface area contributed by atoms with Crippen LogP contribution >= 0.6 is 0 Å². The number of benzene rings is 1.